The number of aliphatic hydroxyl groups excluding tert-OH is 2. The van der Waals surface area contributed by atoms with Crippen LogP contribution in [0.2, 0.25) is 0 Å². The first kappa shape index (κ1) is 19.0. The van der Waals surface area contributed by atoms with Crippen molar-refractivity contribution in [3.05, 3.63) is 23.8 Å². The highest BCUT2D eigenvalue weighted by atomic mass is 16.4. The first-order valence-corrected chi connectivity index (χ1v) is 10.1. The maximum atomic E-state index is 13.4. The molecular formula is C22H30O5. The van der Waals surface area contributed by atoms with Gasteiger partial charge in [-0.2, -0.15) is 0 Å². The summed E-state index contributed by atoms with van der Waals surface area (Å²) < 4.78 is 0. The van der Waals surface area contributed by atoms with Gasteiger partial charge in [0.2, 0.25) is 0 Å². The van der Waals surface area contributed by atoms with Crippen LogP contribution in [0.3, 0.4) is 0 Å². The van der Waals surface area contributed by atoms with E-state index in [0.717, 1.165) is 18.4 Å². The summed E-state index contributed by atoms with van der Waals surface area (Å²) in [4.78, 5) is 25.4. The third-order valence-corrected chi connectivity index (χ3v) is 8.52. The summed E-state index contributed by atoms with van der Waals surface area (Å²) in [6.07, 6.45) is 6.12. The van der Waals surface area contributed by atoms with Crippen LogP contribution in [0.25, 0.3) is 0 Å². The lowest BCUT2D eigenvalue weighted by molar-refractivity contribution is -0.187. The Kier molecular flexibility index (Phi) is 4.12. The SMILES string of the molecule is C[C@H]1C[C@@H]2[C@H](C(=O)C[C@@]3(C)[C@H]2CC[C@]3(O)[C@H](O)CO)[C@@]2(C)C=CC(=O)C=C12. The second kappa shape index (κ2) is 5.85. The van der Waals surface area contributed by atoms with Gasteiger partial charge < -0.3 is 15.3 Å². The van der Waals surface area contributed by atoms with Gasteiger partial charge in [0.25, 0.3) is 0 Å². The van der Waals surface area contributed by atoms with Gasteiger partial charge in [0, 0.05) is 23.2 Å². The lowest BCUT2D eigenvalue weighted by Crippen LogP contribution is -2.62. The highest BCUT2D eigenvalue weighted by Gasteiger charge is 2.68. The minimum atomic E-state index is -1.44. The van der Waals surface area contributed by atoms with Gasteiger partial charge in [-0.15, -0.1) is 0 Å². The summed E-state index contributed by atoms with van der Waals surface area (Å²) in [5, 5.41) is 31.1. The van der Waals surface area contributed by atoms with Crippen molar-refractivity contribution in [2.24, 2.45) is 34.5 Å². The van der Waals surface area contributed by atoms with E-state index in [1.54, 1.807) is 12.2 Å². The third kappa shape index (κ3) is 2.28. The molecule has 4 aliphatic rings. The molecule has 3 fully saturated rings. The molecular weight excluding hydrogens is 344 g/mol. The van der Waals surface area contributed by atoms with Crippen molar-refractivity contribution >= 4 is 11.6 Å². The van der Waals surface area contributed by atoms with Gasteiger partial charge in [0.05, 0.1) is 12.2 Å². The Morgan fingerprint density at radius 1 is 1.30 bits per heavy atom. The molecule has 0 amide bonds. The van der Waals surface area contributed by atoms with Crippen LogP contribution >= 0.6 is 0 Å². The van der Waals surface area contributed by atoms with E-state index in [-0.39, 0.29) is 41.7 Å². The number of hydrogen-bond donors (Lipinski definition) is 3. The molecule has 148 valence electrons. The Labute approximate surface area is 160 Å². The van der Waals surface area contributed by atoms with Crippen LogP contribution in [0.5, 0.6) is 0 Å². The van der Waals surface area contributed by atoms with Crippen molar-refractivity contribution < 1.29 is 24.9 Å². The van der Waals surface area contributed by atoms with Gasteiger partial charge in [0.1, 0.15) is 11.9 Å². The standard InChI is InChI=1S/C22H30O5/c1-12-8-14-15-5-7-22(27,18(26)11-23)21(15,3)10-17(25)19(14)20(2)6-4-13(24)9-16(12)20/h4,6,9,12,14-15,18-19,23,26-27H,5,7-8,10-11H2,1-3H3/t12-,14-,15-,18+,19+,20-,21-,22-/m0/s1. The Morgan fingerprint density at radius 3 is 2.67 bits per heavy atom. The summed E-state index contributed by atoms with van der Waals surface area (Å²) in [5.41, 5.74) is -1.58. The number of allylic oxidation sites excluding steroid dienone is 4. The van der Waals surface area contributed by atoms with Crippen LogP contribution in [0, 0.1) is 34.5 Å². The molecule has 0 saturated heterocycles. The molecule has 0 aliphatic heterocycles. The second-order valence-corrected chi connectivity index (χ2v) is 9.72. The summed E-state index contributed by atoms with van der Waals surface area (Å²) >= 11 is 0. The van der Waals surface area contributed by atoms with Crippen LogP contribution in [-0.4, -0.2) is 45.2 Å². The Morgan fingerprint density at radius 2 is 2.00 bits per heavy atom. The fourth-order valence-electron chi connectivity index (χ4n) is 7.19. The predicted molar refractivity (Wildman–Crippen MR) is 99.6 cm³/mol. The number of rotatable bonds is 2. The Hall–Kier alpha value is -1.30. The molecule has 5 heteroatoms. The maximum Gasteiger partial charge on any atom is 0.178 e. The molecule has 4 aliphatic carbocycles. The lowest BCUT2D eigenvalue weighted by atomic mass is 9.45. The molecule has 0 radical (unpaired) electrons. The van der Waals surface area contributed by atoms with E-state index >= 15 is 0 Å². The molecule has 27 heavy (non-hydrogen) atoms. The molecule has 0 aromatic heterocycles. The maximum absolute atomic E-state index is 13.4. The number of ketones is 2. The first-order valence-electron chi connectivity index (χ1n) is 10.1. The van der Waals surface area contributed by atoms with Crippen LogP contribution < -0.4 is 0 Å². The number of carbonyl (C=O) groups is 2. The number of hydrogen-bond acceptors (Lipinski definition) is 5. The number of Topliss-reactive ketones (excluding diaryl/α,β-unsaturated/α-hetero) is 1. The van der Waals surface area contributed by atoms with Crippen LogP contribution in [0.4, 0.5) is 0 Å². The zero-order valence-electron chi connectivity index (χ0n) is 16.3. The molecule has 0 aromatic rings. The van der Waals surface area contributed by atoms with Crippen molar-refractivity contribution in [3.63, 3.8) is 0 Å². The van der Waals surface area contributed by atoms with Crippen molar-refractivity contribution in [1.29, 1.82) is 0 Å². The van der Waals surface area contributed by atoms with E-state index < -0.39 is 29.1 Å². The summed E-state index contributed by atoms with van der Waals surface area (Å²) in [6.45, 7) is 5.59. The highest BCUT2D eigenvalue weighted by Crippen LogP contribution is 2.67. The molecule has 0 aromatic carbocycles. The van der Waals surface area contributed by atoms with Crippen LogP contribution in [0.15, 0.2) is 23.8 Å². The largest absolute Gasteiger partial charge is 0.394 e. The smallest absolute Gasteiger partial charge is 0.178 e. The fourth-order valence-corrected chi connectivity index (χ4v) is 7.19. The minimum absolute atomic E-state index is 0.0119. The highest BCUT2D eigenvalue weighted by molar-refractivity contribution is 6.02. The summed E-state index contributed by atoms with van der Waals surface area (Å²) in [6, 6.07) is 0. The number of carbonyl (C=O) groups excluding carboxylic acids is 2. The average Bonchev–Trinajstić information content (AvgIpc) is 2.87. The van der Waals surface area contributed by atoms with Crippen molar-refractivity contribution in [2.45, 2.75) is 58.2 Å². The van der Waals surface area contributed by atoms with E-state index in [1.807, 2.05) is 13.0 Å². The van der Waals surface area contributed by atoms with E-state index in [2.05, 4.69) is 13.8 Å². The lowest BCUT2D eigenvalue weighted by Gasteiger charge is -2.58. The van der Waals surface area contributed by atoms with E-state index in [0.29, 0.717) is 6.42 Å². The zero-order valence-corrected chi connectivity index (χ0v) is 16.3. The van der Waals surface area contributed by atoms with E-state index in [4.69, 9.17) is 0 Å². The van der Waals surface area contributed by atoms with E-state index in [1.165, 1.54) is 0 Å². The molecule has 0 spiro atoms. The fraction of sp³-hybridized carbons (Fsp3) is 0.727. The van der Waals surface area contributed by atoms with Gasteiger partial charge >= 0.3 is 0 Å². The zero-order chi connectivity index (χ0) is 19.8. The second-order valence-electron chi connectivity index (χ2n) is 9.72. The average molecular weight is 374 g/mol. The molecule has 0 unspecified atom stereocenters. The topological polar surface area (TPSA) is 94.8 Å². The normalized spacial score (nSPS) is 49.9. The number of aliphatic hydroxyl groups is 3. The molecule has 3 saturated carbocycles. The summed E-state index contributed by atoms with van der Waals surface area (Å²) in [5.74, 6) is 0.294. The Balaban J connectivity index is 1.78. The predicted octanol–water partition coefficient (Wildman–Crippen LogP) is 1.80. The molecule has 8 atom stereocenters. The van der Waals surface area contributed by atoms with Gasteiger partial charge in [-0.25, -0.2) is 0 Å². The summed E-state index contributed by atoms with van der Waals surface area (Å²) in [7, 11) is 0. The van der Waals surface area contributed by atoms with Gasteiger partial charge in [-0.1, -0.05) is 32.4 Å². The van der Waals surface area contributed by atoms with E-state index in [9.17, 15) is 24.9 Å². The first-order chi connectivity index (χ1) is 12.6. The Bertz CT molecular complexity index is 754. The molecule has 3 N–H and O–H groups in total. The molecule has 5 nitrogen and oxygen atoms in total. The van der Waals surface area contributed by atoms with Crippen LogP contribution in [-0.2, 0) is 9.59 Å². The van der Waals surface area contributed by atoms with Crippen molar-refractivity contribution in [2.75, 3.05) is 6.61 Å². The quantitative estimate of drug-likeness (QED) is 0.685. The monoisotopic (exact) mass is 374 g/mol. The third-order valence-electron chi connectivity index (χ3n) is 8.52. The van der Waals surface area contributed by atoms with Gasteiger partial charge in [0.15, 0.2) is 5.78 Å². The van der Waals surface area contributed by atoms with Crippen LogP contribution in [0.1, 0.15) is 46.5 Å². The van der Waals surface area contributed by atoms with Gasteiger partial charge in [-0.05, 0) is 49.2 Å². The minimum Gasteiger partial charge on any atom is -0.394 e. The molecule has 4 rings (SSSR count). The molecule has 0 heterocycles. The van der Waals surface area contributed by atoms with Crippen molar-refractivity contribution in [1.82, 2.24) is 0 Å². The molecule has 0 bridgehead atoms. The number of fused-ring (bicyclic) bond motifs is 5. The van der Waals surface area contributed by atoms with Gasteiger partial charge in [-0.3, -0.25) is 9.59 Å². The van der Waals surface area contributed by atoms with Crippen molar-refractivity contribution in [3.8, 4) is 0 Å².